The van der Waals surface area contributed by atoms with E-state index in [9.17, 15) is 0 Å². The molecule has 0 heterocycles. The average Bonchev–Trinajstić information content (AvgIpc) is 2.79. The van der Waals surface area contributed by atoms with Crippen LogP contribution in [0.2, 0.25) is 0 Å². The van der Waals surface area contributed by atoms with E-state index in [-0.39, 0.29) is 12.4 Å². The van der Waals surface area contributed by atoms with E-state index in [1.165, 1.54) is 12.8 Å². The lowest BCUT2D eigenvalue weighted by molar-refractivity contribution is 0.107. The Morgan fingerprint density at radius 3 is 1.79 bits per heavy atom. The summed E-state index contributed by atoms with van der Waals surface area (Å²) in [4.78, 5) is 0. The van der Waals surface area contributed by atoms with Gasteiger partial charge >= 0.3 is 0 Å². The Morgan fingerprint density at radius 1 is 0.857 bits per heavy atom. The number of rotatable bonds is 0. The van der Waals surface area contributed by atoms with E-state index >= 15 is 0 Å². The van der Waals surface area contributed by atoms with E-state index in [4.69, 9.17) is 5.73 Å². The first-order chi connectivity index (χ1) is 6.33. The van der Waals surface area contributed by atoms with Crippen molar-refractivity contribution in [3.05, 3.63) is 0 Å². The van der Waals surface area contributed by atoms with Crippen molar-refractivity contribution in [1.82, 2.24) is 0 Å². The van der Waals surface area contributed by atoms with Gasteiger partial charge in [-0.3, -0.25) is 0 Å². The van der Waals surface area contributed by atoms with E-state index in [0.29, 0.717) is 5.54 Å². The summed E-state index contributed by atoms with van der Waals surface area (Å²) < 4.78 is 0. The highest BCUT2D eigenvalue weighted by molar-refractivity contribution is 5.85. The Morgan fingerprint density at radius 2 is 1.36 bits per heavy atom. The normalized spacial score (nSPS) is 74.8. The third-order valence-corrected chi connectivity index (χ3v) is 6.77. The molecule has 6 rings (SSSR count). The van der Waals surface area contributed by atoms with Gasteiger partial charge in [0.15, 0.2) is 0 Å². The fourth-order valence-electron chi connectivity index (χ4n) is 7.05. The first kappa shape index (κ1) is 8.41. The van der Waals surface area contributed by atoms with Crippen LogP contribution >= 0.6 is 12.4 Å². The highest BCUT2D eigenvalue weighted by Crippen LogP contribution is 2.82. The first-order valence-corrected chi connectivity index (χ1v) is 6.12. The average molecular weight is 212 g/mol. The van der Waals surface area contributed by atoms with Gasteiger partial charge in [-0.05, 0) is 67.1 Å². The maximum atomic E-state index is 6.76. The second-order valence-corrected chi connectivity index (χ2v) is 6.38. The van der Waals surface area contributed by atoms with E-state index in [1.54, 1.807) is 12.8 Å². The van der Waals surface area contributed by atoms with E-state index in [2.05, 4.69) is 0 Å². The Balaban J connectivity index is 0.000000578. The summed E-state index contributed by atoms with van der Waals surface area (Å²) in [5, 5.41) is 0. The van der Waals surface area contributed by atoms with Gasteiger partial charge in [-0.15, -0.1) is 12.4 Å². The fourth-order valence-corrected chi connectivity index (χ4v) is 7.05. The largest absolute Gasteiger partial charge is 0.324 e. The lowest BCUT2D eigenvalue weighted by Crippen LogP contribution is -2.55. The molecular formula is C12H18ClN. The van der Waals surface area contributed by atoms with Crippen LogP contribution in [0, 0.1) is 41.4 Å². The third kappa shape index (κ3) is 0.490. The van der Waals surface area contributed by atoms with Gasteiger partial charge in [-0.2, -0.15) is 0 Å². The summed E-state index contributed by atoms with van der Waals surface area (Å²) in [6, 6.07) is 0. The summed E-state index contributed by atoms with van der Waals surface area (Å²) in [5.41, 5.74) is 7.13. The molecule has 78 valence electrons. The number of hydrogen-bond acceptors (Lipinski definition) is 1. The van der Waals surface area contributed by atoms with Crippen LogP contribution in [0.15, 0.2) is 0 Å². The van der Waals surface area contributed by atoms with Gasteiger partial charge < -0.3 is 5.73 Å². The minimum atomic E-state index is 0. The second-order valence-electron chi connectivity index (χ2n) is 6.38. The molecule has 6 saturated carbocycles. The third-order valence-electron chi connectivity index (χ3n) is 6.77. The number of hydrogen-bond donors (Lipinski definition) is 1. The minimum absolute atomic E-state index is 0. The number of nitrogens with two attached hydrogens (primary N) is 1. The molecule has 0 aliphatic heterocycles. The SMILES string of the molecule is Cl.NC12C3[C@H]4CC[C@@H]1[C@H]4[C@@H]1[C@H]3CC[C@@H]12. The van der Waals surface area contributed by atoms with Crippen molar-refractivity contribution in [2.75, 3.05) is 0 Å². The highest BCUT2D eigenvalue weighted by atomic mass is 35.5. The minimum Gasteiger partial charge on any atom is -0.324 e. The molecule has 6 aliphatic rings. The van der Waals surface area contributed by atoms with Crippen LogP contribution in [0.1, 0.15) is 25.7 Å². The molecule has 14 heavy (non-hydrogen) atoms. The van der Waals surface area contributed by atoms with Gasteiger partial charge in [0.25, 0.3) is 0 Å². The van der Waals surface area contributed by atoms with Crippen molar-refractivity contribution in [2.24, 2.45) is 47.2 Å². The zero-order valence-corrected chi connectivity index (χ0v) is 9.17. The monoisotopic (exact) mass is 211 g/mol. The molecule has 8 atom stereocenters. The summed E-state index contributed by atoms with van der Waals surface area (Å²) in [6.45, 7) is 0. The molecule has 6 aliphatic carbocycles. The lowest BCUT2D eigenvalue weighted by atomic mass is 9.66. The predicted molar refractivity (Wildman–Crippen MR) is 57.1 cm³/mol. The Labute approximate surface area is 91.2 Å². The summed E-state index contributed by atoms with van der Waals surface area (Å²) in [6.07, 6.45) is 6.06. The van der Waals surface area contributed by atoms with Crippen molar-refractivity contribution >= 4 is 12.4 Å². The van der Waals surface area contributed by atoms with Gasteiger partial charge in [-0.1, -0.05) is 0 Å². The predicted octanol–water partition coefficient (Wildman–Crippen LogP) is 2.05. The lowest BCUT2D eigenvalue weighted by Gasteiger charge is -2.44. The maximum absolute atomic E-state index is 6.76. The van der Waals surface area contributed by atoms with Crippen molar-refractivity contribution in [3.63, 3.8) is 0 Å². The molecule has 6 fully saturated rings. The van der Waals surface area contributed by atoms with Gasteiger partial charge in [-0.25, -0.2) is 0 Å². The quantitative estimate of drug-likeness (QED) is 0.652. The van der Waals surface area contributed by atoms with Crippen LogP contribution in [0.4, 0.5) is 0 Å². The molecular weight excluding hydrogens is 194 g/mol. The Bertz CT molecular complexity index is 289. The summed E-state index contributed by atoms with van der Waals surface area (Å²) >= 11 is 0. The van der Waals surface area contributed by atoms with Crippen molar-refractivity contribution < 1.29 is 0 Å². The highest BCUT2D eigenvalue weighted by Gasteiger charge is 2.82. The standard InChI is InChI=1S/C12H17N.ClH/c13-12-7-3-1-5-9(7)10-6(11(5)12)2-4-8(10)12;/h5-11H,1-4,13H2;1H/t5-,6+,7+,8-,9-,10+,11?,12?;. The van der Waals surface area contributed by atoms with Gasteiger partial charge in [0.1, 0.15) is 0 Å². The van der Waals surface area contributed by atoms with Crippen LogP contribution in [0.25, 0.3) is 0 Å². The van der Waals surface area contributed by atoms with Crippen molar-refractivity contribution in [2.45, 2.75) is 31.2 Å². The van der Waals surface area contributed by atoms with E-state index < -0.39 is 0 Å². The Kier molecular flexibility index (Phi) is 1.22. The molecule has 0 spiro atoms. The molecule has 0 aromatic carbocycles. The molecule has 8 bridgehead atoms. The fraction of sp³-hybridized carbons (Fsp3) is 1.00. The molecule has 1 nitrogen and oxygen atoms in total. The van der Waals surface area contributed by atoms with Crippen molar-refractivity contribution in [1.29, 1.82) is 0 Å². The zero-order valence-electron chi connectivity index (χ0n) is 8.36. The van der Waals surface area contributed by atoms with Crippen LogP contribution in [-0.2, 0) is 0 Å². The van der Waals surface area contributed by atoms with Crippen LogP contribution in [0.5, 0.6) is 0 Å². The van der Waals surface area contributed by atoms with Gasteiger partial charge in [0.2, 0.25) is 0 Å². The van der Waals surface area contributed by atoms with E-state index in [1.807, 2.05) is 0 Å². The smallest absolute Gasteiger partial charge is 0.0251 e. The van der Waals surface area contributed by atoms with Gasteiger partial charge in [0.05, 0.1) is 0 Å². The summed E-state index contributed by atoms with van der Waals surface area (Å²) in [7, 11) is 0. The molecule has 0 aromatic heterocycles. The number of halogens is 1. The molecule has 0 radical (unpaired) electrons. The van der Waals surface area contributed by atoms with E-state index in [0.717, 1.165) is 41.4 Å². The van der Waals surface area contributed by atoms with Gasteiger partial charge in [0, 0.05) is 5.54 Å². The molecule has 2 N–H and O–H groups in total. The summed E-state index contributed by atoms with van der Waals surface area (Å²) in [5.74, 6) is 7.39. The Hall–Kier alpha value is 0.250. The first-order valence-electron chi connectivity index (χ1n) is 6.12. The maximum Gasteiger partial charge on any atom is 0.0251 e. The van der Waals surface area contributed by atoms with Crippen LogP contribution < -0.4 is 5.73 Å². The molecule has 0 aromatic rings. The second kappa shape index (κ2) is 2.04. The zero-order chi connectivity index (χ0) is 8.37. The molecule has 2 unspecified atom stereocenters. The topological polar surface area (TPSA) is 26.0 Å². The molecule has 2 heteroatoms. The van der Waals surface area contributed by atoms with Crippen LogP contribution in [-0.4, -0.2) is 5.54 Å². The molecule has 0 amide bonds. The van der Waals surface area contributed by atoms with Crippen molar-refractivity contribution in [3.8, 4) is 0 Å². The van der Waals surface area contributed by atoms with Crippen LogP contribution in [0.3, 0.4) is 0 Å². The molecule has 0 saturated heterocycles.